The van der Waals surface area contributed by atoms with Crippen LogP contribution in [0.25, 0.3) is 0 Å². The average Bonchev–Trinajstić information content (AvgIpc) is 2.05. The number of hydrogen-bond acceptors (Lipinski definition) is 1. The Morgan fingerprint density at radius 3 is 3.09 bits per heavy atom. The lowest BCUT2D eigenvalue weighted by atomic mass is 9.93. The smallest absolute Gasteiger partial charge is 0.0947 e. The van der Waals surface area contributed by atoms with Crippen LogP contribution in [0.15, 0.2) is 36.0 Å². The Hall–Kier alpha value is -1.29. The highest BCUT2D eigenvalue weighted by atomic mass is 14.3. The molecule has 0 spiro atoms. The van der Waals surface area contributed by atoms with Crippen molar-refractivity contribution in [1.29, 1.82) is 5.26 Å². The van der Waals surface area contributed by atoms with Gasteiger partial charge in [0.25, 0.3) is 0 Å². The first kappa shape index (κ1) is 7.81. The van der Waals surface area contributed by atoms with E-state index in [1.165, 1.54) is 0 Å². The Labute approximate surface area is 67.3 Å². The minimum absolute atomic E-state index is 0.276. The molecule has 0 bridgehead atoms. The largest absolute Gasteiger partial charge is 0.193 e. The zero-order chi connectivity index (χ0) is 8.27. The lowest BCUT2D eigenvalue weighted by molar-refractivity contribution is 0.928. The summed E-state index contributed by atoms with van der Waals surface area (Å²) in [7, 11) is 0. The maximum atomic E-state index is 8.61. The Balaban J connectivity index is 2.79. The molecule has 0 aromatic rings. The van der Waals surface area contributed by atoms with Crippen LogP contribution in [0.4, 0.5) is 0 Å². The van der Waals surface area contributed by atoms with Gasteiger partial charge >= 0.3 is 0 Å². The minimum atomic E-state index is 0.276. The monoisotopic (exact) mass is 145 g/mol. The van der Waals surface area contributed by atoms with Crippen molar-refractivity contribution in [2.75, 3.05) is 0 Å². The standard InChI is InChI=1S/C10H11N/c1-8(2)10-5-3-4-9(6-10)7-11/h3,5-6,10H,1,4H2,2H3. The summed E-state index contributed by atoms with van der Waals surface area (Å²) in [6.45, 7) is 5.82. The van der Waals surface area contributed by atoms with Crippen molar-refractivity contribution in [3.05, 3.63) is 36.0 Å². The van der Waals surface area contributed by atoms with Crippen molar-refractivity contribution in [3.8, 4) is 6.07 Å². The Bertz CT molecular complexity index is 263. The molecular formula is C10H11N. The molecule has 56 valence electrons. The predicted molar refractivity (Wildman–Crippen MR) is 45.8 cm³/mol. The summed E-state index contributed by atoms with van der Waals surface area (Å²) in [4.78, 5) is 0. The molecule has 1 atom stereocenters. The summed E-state index contributed by atoms with van der Waals surface area (Å²) < 4.78 is 0. The molecule has 1 nitrogen and oxygen atoms in total. The molecular weight excluding hydrogens is 134 g/mol. The lowest BCUT2D eigenvalue weighted by Crippen LogP contribution is -1.98. The molecule has 0 saturated heterocycles. The van der Waals surface area contributed by atoms with Crippen LogP contribution in [-0.2, 0) is 0 Å². The normalized spacial score (nSPS) is 22.2. The first-order valence-corrected chi connectivity index (χ1v) is 3.67. The summed E-state index contributed by atoms with van der Waals surface area (Å²) >= 11 is 0. The molecule has 1 aliphatic carbocycles. The predicted octanol–water partition coefficient (Wildman–Crippen LogP) is 2.59. The van der Waals surface area contributed by atoms with Crippen molar-refractivity contribution >= 4 is 0 Å². The van der Waals surface area contributed by atoms with Gasteiger partial charge in [-0.05, 0) is 6.92 Å². The van der Waals surface area contributed by atoms with E-state index >= 15 is 0 Å². The van der Waals surface area contributed by atoms with Gasteiger partial charge in [-0.3, -0.25) is 0 Å². The van der Waals surface area contributed by atoms with E-state index in [2.05, 4.69) is 18.7 Å². The highest BCUT2D eigenvalue weighted by Crippen LogP contribution is 2.20. The molecule has 0 heterocycles. The minimum Gasteiger partial charge on any atom is -0.193 e. The summed E-state index contributed by atoms with van der Waals surface area (Å²) in [6, 6.07) is 2.16. The van der Waals surface area contributed by atoms with Crippen molar-refractivity contribution in [1.82, 2.24) is 0 Å². The van der Waals surface area contributed by atoms with Crippen LogP contribution >= 0.6 is 0 Å². The molecule has 1 heteroatoms. The van der Waals surface area contributed by atoms with Gasteiger partial charge in [0, 0.05) is 17.9 Å². The van der Waals surface area contributed by atoms with E-state index in [4.69, 9.17) is 5.26 Å². The van der Waals surface area contributed by atoms with E-state index in [1.54, 1.807) is 0 Å². The van der Waals surface area contributed by atoms with Gasteiger partial charge in [0.2, 0.25) is 0 Å². The molecule has 1 rings (SSSR count). The van der Waals surface area contributed by atoms with Gasteiger partial charge in [0.15, 0.2) is 0 Å². The van der Waals surface area contributed by atoms with E-state index in [0.29, 0.717) is 0 Å². The number of nitriles is 1. The van der Waals surface area contributed by atoms with E-state index in [9.17, 15) is 0 Å². The molecule has 0 aromatic carbocycles. The number of hydrogen-bond donors (Lipinski definition) is 0. The maximum Gasteiger partial charge on any atom is 0.0947 e. The molecule has 0 fully saturated rings. The number of rotatable bonds is 1. The first-order valence-electron chi connectivity index (χ1n) is 3.67. The Kier molecular flexibility index (Phi) is 2.28. The van der Waals surface area contributed by atoms with Crippen LogP contribution < -0.4 is 0 Å². The number of nitrogens with zero attached hydrogens (tertiary/aromatic N) is 1. The molecule has 0 aromatic heterocycles. The molecule has 0 N–H and O–H groups in total. The number of allylic oxidation sites excluding steroid dienone is 5. The molecule has 11 heavy (non-hydrogen) atoms. The average molecular weight is 145 g/mol. The van der Waals surface area contributed by atoms with Gasteiger partial charge in [-0.2, -0.15) is 5.26 Å². The molecule has 0 amide bonds. The quantitative estimate of drug-likeness (QED) is 0.520. The SMILES string of the molecule is C=C(C)C1C=CCC(C#N)=C1. The third-order valence-electron chi connectivity index (χ3n) is 1.77. The van der Waals surface area contributed by atoms with E-state index in [0.717, 1.165) is 17.6 Å². The fraction of sp³-hybridized carbons (Fsp3) is 0.300. The zero-order valence-electron chi connectivity index (χ0n) is 6.67. The van der Waals surface area contributed by atoms with Crippen LogP contribution in [0.1, 0.15) is 13.3 Å². The van der Waals surface area contributed by atoms with Crippen LogP contribution in [0.5, 0.6) is 0 Å². The second-order valence-corrected chi connectivity index (χ2v) is 2.81. The molecule has 0 radical (unpaired) electrons. The highest BCUT2D eigenvalue weighted by Gasteiger charge is 2.07. The van der Waals surface area contributed by atoms with Crippen molar-refractivity contribution in [2.24, 2.45) is 5.92 Å². The molecule has 1 unspecified atom stereocenters. The van der Waals surface area contributed by atoms with E-state index < -0.39 is 0 Å². The van der Waals surface area contributed by atoms with Gasteiger partial charge in [-0.1, -0.05) is 30.4 Å². The first-order chi connectivity index (χ1) is 5.24. The van der Waals surface area contributed by atoms with Crippen molar-refractivity contribution < 1.29 is 0 Å². The van der Waals surface area contributed by atoms with Crippen molar-refractivity contribution in [2.45, 2.75) is 13.3 Å². The van der Waals surface area contributed by atoms with Crippen LogP contribution in [-0.4, -0.2) is 0 Å². The van der Waals surface area contributed by atoms with Crippen LogP contribution in [0.2, 0.25) is 0 Å². The second-order valence-electron chi connectivity index (χ2n) is 2.81. The van der Waals surface area contributed by atoms with E-state index in [-0.39, 0.29) is 5.92 Å². The third kappa shape index (κ3) is 1.81. The van der Waals surface area contributed by atoms with Gasteiger partial charge in [0.05, 0.1) is 6.07 Å². The van der Waals surface area contributed by atoms with Gasteiger partial charge in [0.1, 0.15) is 0 Å². The highest BCUT2D eigenvalue weighted by molar-refractivity contribution is 5.33. The summed E-state index contributed by atoms with van der Waals surface area (Å²) in [5, 5.41) is 8.61. The third-order valence-corrected chi connectivity index (χ3v) is 1.77. The Morgan fingerprint density at radius 2 is 2.55 bits per heavy atom. The zero-order valence-corrected chi connectivity index (χ0v) is 6.67. The molecule has 0 aliphatic heterocycles. The van der Waals surface area contributed by atoms with Gasteiger partial charge < -0.3 is 0 Å². The topological polar surface area (TPSA) is 23.8 Å². The maximum absolute atomic E-state index is 8.61. The second kappa shape index (κ2) is 3.21. The summed E-state index contributed by atoms with van der Waals surface area (Å²) in [6.07, 6.45) is 6.86. The fourth-order valence-corrected chi connectivity index (χ4v) is 1.07. The summed E-state index contributed by atoms with van der Waals surface area (Å²) in [5.74, 6) is 0.276. The van der Waals surface area contributed by atoms with Gasteiger partial charge in [-0.15, -0.1) is 0 Å². The Morgan fingerprint density at radius 1 is 1.82 bits per heavy atom. The van der Waals surface area contributed by atoms with Crippen molar-refractivity contribution in [3.63, 3.8) is 0 Å². The summed E-state index contributed by atoms with van der Waals surface area (Å²) in [5.41, 5.74) is 1.94. The molecule has 0 saturated carbocycles. The fourth-order valence-electron chi connectivity index (χ4n) is 1.07. The van der Waals surface area contributed by atoms with Crippen LogP contribution in [0, 0.1) is 17.2 Å². The van der Waals surface area contributed by atoms with Crippen LogP contribution in [0.3, 0.4) is 0 Å². The molecule has 1 aliphatic rings. The van der Waals surface area contributed by atoms with E-state index in [1.807, 2.05) is 19.1 Å². The lowest BCUT2D eigenvalue weighted by Gasteiger charge is -2.11. The van der Waals surface area contributed by atoms with Gasteiger partial charge in [-0.25, -0.2) is 0 Å².